The Morgan fingerprint density at radius 3 is 1.33 bits per heavy atom. The fourth-order valence-corrected chi connectivity index (χ4v) is 11.1. The van der Waals surface area contributed by atoms with E-state index in [9.17, 15) is 64.2 Å². The zero-order valence-corrected chi connectivity index (χ0v) is 60.8. The molecule has 0 radical (unpaired) electrons. The van der Waals surface area contributed by atoms with Crippen LogP contribution in [0.2, 0.25) is 0 Å². The molecular weight excluding hydrogens is 1380 g/mol. The molecule has 4 fully saturated rings. The Labute approximate surface area is 628 Å². The van der Waals surface area contributed by atoms with Crippen molar-refractivity contribution >= 4 is 86.9 Å². The zero-order valence-electron chi connectivity index (χ0n) is 56.8. The molecular formula is C62H86N10Na2O28. The minimum Gasteiger partial charge on any atom is -0.525 e. The Hall–Kier alpha value is -5.67. The number of hydrogen-bond donors (Lipinski definition) is 16. The van der Waals surface area contributed by atoms with Crippen molar-refractivity contribution in [2.75, 3.05) is 54.6 Å². The van der Waals surface area contributed by atoms with Crippen molar-refractivity contribution in [3.63, 3.8) is 0 Å². The predicted octanol–water partition coefficient (Wildman–Crippen LogP) is -10.9. The Bertz CT molecular complexity index is 3250. The number of carbonyl (C=O) groups is 7. The molecule has 0 aliphatic carbocycles. The smallest absolute Gasteiger partial charge is 0.525 e. The van der Waals surface area contributed by atoms with Crippen molar-refractivity contribution in [2.45, 2.75) is 168 Å². The molecule has 4 saturated heterocycles. The number of hydrogen-bond acceptors (Lipinski definition) is 33. The van der Waals surface area contributed by atoms with E-state index in [0.717, 1.165) is 37.9 Å². The minimum absolute atomic E-state index is 0. The van der Waals surface area contributed by atoms with Gasteiger partial charge in [0.2, 0.25) is 23.6 Å². The number of carbonyl (C=O) groups excluding carboxylic acids is 11. The van der Waals surface area contributed by atoms with Gasteiger partial charge in [-0.1, -0.05) is 54.6 Å². The van der Waals surface area contributed by atoms with E-state index in [-0.39, 0.29) is 142 Å². The number of nitrogens with one attached hydrogen (secondary N) is 9. The van der Waals surface area contributed by atoms with Crippen LogP contribution in [0, 0.1) is 13.2 Å². The Morgan fingerprint density at radius 1 is 0.520 bits per heavy atom. The molecule has 17 N–H and O–H groups in total. The fourth-order valence-electron chi connectivity index (χ4n) is 11.1. The summed E-state index contributed by atoms with van der Waals surface area (Å²) in [5.41, 5.74) is 17.8. The number of aliphatic hydroxyl groups excluding tert-OH is 6. The second kappa shape index (κ2) is 48.4. The first-order valence-corrected chi connectivity index (χ1v) is 31.2. The van der Waals surface area contributed by atoms with E-state index in [2.05, 4.69) is 73.5 Å². The molecule has 18 unspecified atom stereocenters. The number of methoxy groups -OCH3 is 4. The van der Waals surface area contributed by atoms with Crippen LogP contribution < -0.4 is 114 Å². The van der Waals surface area contributed by atoms with E-state index >= 15 is 0 Å². The molecule has 4 aromatic rings. The number of ether oxygens (including phenoxy) is 11. The second-order valence-electron chi connectivity index (χ2n) is 22.4. The topological polar surface area (TPSA) is 545 Å². The standard InChI is InChI=1S/C39H48N5O13.C21H38N5O11.2CO2.2Na/c1-52-27-20-54-38(35(50)33(27)48)57-36-32(40-16-17-45)37(53-2)56-26(34(36)49)18-41-42-28(46)8-3-4-9-29(47)43-44-39(51)55-19-24-13-12-23-11-10-21-6-5-7-22-14-15-25(24)31(23)30(21)22;1-33-12-10-35-21(18(32)16(12)30)37-19-15(23-7-8-27)20(34-2)36-11(17(19)31)9-24-26-14(29)6-4-3-5-13(28)25-22;2*2-1-3;;/h5-7,10-15,17,20,26-27,32-38,40-41,48-50H,3-4,8-9,16,18-19H2,1-2H3,(H,42,46)(H,43,47)(H,44,51);8,10-12,15-21,23-24,30-32H,3-7,9,22H2,1-2H3,(H,25,28)(H,26,29);;;;/q2*-1;;;2*+1. The summed E-state index contributed by atoms with van der Waals surface area (Å²) in [7, 11) is 5.38. The average molecular weight is 1470 g/mol. The van der Waals surface area contributed by atoms with Crippen LogP contribution in [0.25, 0.3) is 32.3 Å². The van der Waals surface area contributed by atoms with Crippen LogP contribution in [0.5, 0.6) is 0 Å². The molecule has 8 rings (SSSR count). The van der Waals surface area contributed by atoms with Crippen LogP contribution in [-0.2, 0) is 107 Å². The summed E-state index contributed by atoms with van der Waals surface area (Å²) in [6.07, 6.45) is -16.4. The maximum Gasteiger partial charge on any atom is 1.00 e. The number of aldehydes is 2. The van der Waals surface area contributed by atoms with Crippen molar-refractivity contribution in [2.24, 2.45) is 5.84 Å². The van der Waals surface area contributed by atoms with Gasteiger partial charge in [-0.05, 0) is 75.8 Å². The summed E-state index contributed by atoms with van der Waals surface area (Å²) in [6.45, 7) is 1.93. The summed E-state index contributed by atoms with van der Waals surface area (Å²) < 4.78 is 60.5. The summed E-state index contributed by atoms with van der Waals surface area (Å²) >= 11 is 0. The van der Waals surface area contributed by atoms with E-state index in [0.29, 0.717) is 38.3 Å². The van der Waals surface area contributed by atoms with Crippen LogP contribution in [0.1, 0.15) is 56.9 Å². The largest absolute Gasteiger partial charge is 1.00 e. The van der Waals surface area contributed by atoms with Gasteiger partial charge in [0.1, 0.15) is 68.0 Å². The number of rotatable bonds is 32. The van der Waals surface area contributed by atoms with Gasteiger partial charge in [0.25, 0.3) is 0 Å². The molecule has 5 amide bonds. The fraction of sp³-hybridized carbons (Fsp3) is 0.565. The van der Waals surface area contributed by atoms with Crippen molar-refractivity contribution < 1.29 is 195 Å². The number of nitrogens with two attached hydrogens (primary N) is 1. The first kappa shape index (κ1) is 90.5. The third-order valence-electron chi connectivity index (χ3n) is 16.1. The van der Waals surface area contributed by atoms with Gasteiger partial charge in [-0.15, -0.1) is 0 Å². The first-order chi connectivity index (χ1) is 48.2. The van der Waals surface area contributed by atoms with Crippen molar-refractivity contribution in [1.29, 1.82) is 0 Å². The monoisotopic (exact) mass is 1460 g/mol. The Morgan fingerprint density at radius 2 is 0.922 bits per heavy atom. The van der Waals surface area contributed by atoms with Crippen LogP contribution in [0.3, 0.4) is 0 Å². The van der Waals surface area contributed by atoms with Gasteiger partial charge in [-0.2, -0.15) is 32.4 Å². The van der Waals surface area contributed by atoms with Crippen molar-refractivity contribution in [3.05, 3.63) is 73.4 Å². The van der Waals surface area contributed by atoms with Gasteiger partial charge in [0, 0.05) is 67.2 Å². The SMILES string of the molecule is COC1[CH-]OC(OC2C(O)C(CNNC(=O)CCCCC(=O)NN)OC(OC)C2NCC=O)C(O)C1O.COC1[CH-]OC(OC2C(O)C(CNNC(=O)CCCCC(=O)NNC(=O)OCc3ccc4ccc5cccc6ccc3c4c56)OC(OC)C2NCC=O)C(O)C1O.O=C=O.O=C=O.[Na+].[Na+]. The van der Waals surface area contributed by atoms with E-state index in [1.807, 2.05) is 29.7 Å². The Kier molecular flexibility index (Phi) is 43.0. The maximum absolute atomic E-state index is 12.5. The molecule has 40 heteroatoms. The second-order valence-corrected chi connectivity index (χ2v) is 22.4. The Balaban J connectivity index is 0.000000521. The number of hydrazine groups is 4. The molecule has 38 nitrogen and oxygen atoms in total. The van der Waals surface area contributed by atoms with Gasteiger partial charge in [0.05, 0.1) is 37.4 Å². The average Bonchev–Trinajstić information content (AvgIpc) is 0.745. The molecule has 4 heterocycles. The van der Waals surface area contributed by atoms with Crippen LogP contribution >= 0.6 is 0 Å². The third-order valence-corrected chi connectivity index (χ3v) is 16.1. The van der Waals surface area contributed by atoms with Gasteiger partial charge in [-0.3, -0.25) is 40.9 Å². The summed E-state index contributed by atoms with van der Waals surface area (Å²) in [4.78, 5) is 115. The van der Waals surface area contributed by atoms with Gasteiger partial charge >= 0.3 is 77.5 Å². The molecule has 0 bridgehead atoms. The van der Waals surface area contributed by atoms with E-state index in [1.54, 1.807) is 0 Å². The zero-order chi connectivity index (χ0) is 73.3. The quantitative estimate of drug-likeness (QED) is 0.00315. The van der Waals surface area contributed by atoms with E-state index in [1.165, 1.54) is 41.7 Å². The number of unbranched alkanes of at least 4 members (excludes halogenated alkanes) is 2. The van der Waals surface area contributed by atoms with E-state index < -0.39 is 128 Å². The molecule has 0 saturated carbocycles. The number of amides is 5. The normalized spacial score (nSPS) is 27.2. The van der Waals surface area contributed by atoms with Crippen LogP contribution in [-0.4, -0.2) is 250 Å². The number of aliphatic hydroxyl groups is 6. The molecule has 18 atom stereocenters. The third kappa shape index (κ3) is 26.7. The molecule has 102 heavy (non-hydrogen) atoms. The molecule has 554 valence electrons. The van der Waals surface area contributed by atoms with Crippen molar-refractivity contribution in [1.82, 2.24) is 48.6 Å². The molecule has 4 aromatic carbocycles. The van der Waals surface area contributed by atoms with E-state index in [4.69, 9.17) is 77.1 Å². The van der Waals surface area contributed by atoms with Crippen LogP contribution in [0.4, 0.5) is 4.79 Å². The molecule has 4 aliphatic heterocycles. The first-order valence-electron chi connectivity index (χ1n) is 31.2. The molecule has 4 aliphatic rings. The maximum atomic E-state index is 12.5. The predicted molar refractivity (Wildman–Crippen MR) is 336 cm³/mol. The van der Waals surface area contributed by atoms with Crippen LogP contribution in [0.15, 0.2) is 54.6 Å². The summed E-state index contributed by atoms with van der Waals surface area (Å²) in [5, 5.41) is 76.2. The summed E-state index contributed by atoms with van der Waals surface area (Å²) in [6, 6.07) is 16.6. The van der Waals surface area contributed by atoms with Gasteiger partial charge in [0.15, 0.2) is 25.2 Å². The summed E-state index contributed by atoms with van der Waals surface area (Å²) in [5.74, 6) is 3.50. The molecule has 0 aromatic heterocycles. The van der Waals surface area contributed by atoms with Crippen molar-refractivity contribution in [3.8, 4) is 0 Å². The van der Waals surface area contributed by atoms with Gasteiger partial charge < -0.3 is 103 Å². The molecule has 0 spiro atoms. The minimum atomic E-state index is -1.54. The van der Waals surface area contributed by atoms with Gasteiger partial charge in [-0.25, -0.2) is 26.9 Å². The number of benzene rings is 4.